The van der Waals surface area contributed by atoms with Crippen LogP contribution >= 0.6 is 11.8 Å². The number of hydrogen-bond acceptors (Lipinski definition) is 3. The van der Waals surface area contributed by atoms with Crippen molar-refractivity contribution in [2.24, 2.45) is 0 Å². The van der Waals surface area contributed by atoms with Gasteiger partial charge in [-0.05, 0) is 37.8 Å². The van der Waals surface area contributed by atoms with Crippen LogP contribution in [0.1, 0.15) is 38.8 Å². The minimum Gasteiger partial charge on any atom is -0.472 e. The van der Waals surface area contributed by atoms with Crippen LogP contribution in [0.25, 0.3) is 0 Å². The highest BCUT2D eigenvalue weighted by Crippen LogP contribution is 2.14. The second-order valence-electron chi connectivity index (χ2n) is 3.83. The summed E-state index contributed by atoms with van der Waals surface area (Å²) in [6, 6.07) is 2.96. The zero-order valence-corrected chi connectivity index (χ0v) is 10.6. The molecule has 1 N–H and O–H groups in total. The van der Waals surface area contributed by atoms with Crippen LogP contribution in [0.3, 0.4) is 0 Å². The third kappa shape index (κ3) is 4.76. The Morgan fingerprint density at radius 1 is 1.47 bits per heavy atom. The van der Waals surface area contributed by atoms with Crippen LogP contribution in [0.2, 0.25) is 0 Å². The maximum Gasteiger partial charge on any atom is 0.0950 e. The fourth-order valence-electron chi connectivity index (χ4n) is 1.53. The maximum atomic E-state index is 5.07. The predicted molar refractivity (Wildman–Crippen MR) is 67.3 cm³/mol. The van der Waals surface area contributed by atoms with Gasteiger partial charge in [0, 0.05) is 17.6 Å². The molecule has 2 atom stereocenters. The molecule has 1 heterocycles. The van der Waals surface area contributed by atoms with Crippen molar-refractivity contribution in [3.05, 3.63) is 24.2 Å². The lowest BCUT2D eigenvalue weighted by molar-refractivity contribution is 0.466. The molecule has 0 radical (unpaired) electrons. The SMILES string of the molecule is CCSCCC(C)NC(C)c1ccoc1. The standard InChI is InChI=1S/C12H21NOS/c1-4-15-8-6-10(2)13-11(3)12-5-7-14-9-12/h5,7,9-11,13H,4,6,8H2,1-3H3. The molecule has 0 aliphatic heterocycles. The Bertz CT molecular complexity index is 248. The van der Waals surface area contributed by atoms with E-state index in [9.17, 15) is 0 Å². The Kier molecular flexibility index (Phi) is 5.88. The molecule has 0 saturated heterocycles. The second-order valence-corrected chi connectivity index (χ2v) is 5.23. The summed E-state index contributed by atoms with van der Waals surface area (Å²) >= 11 is 2.00. The Hall–Kier alpha value is -0.410. The summed E-state index contributed by atoms with van der Waals surface area (Å²) in [6.07, 6.45) is 4.76. The Balaban J connectivity index is 2.22. The largest absolute Gasteiger partial charge is 0.472 e. The first kappa shape index (κ1) is 12.7. The van der Waals surface area contributed by atoms with Gasteiger partial charge in [-0.2, -0.15) is 11.8 Å². The van der Waals surface area contributed by atoms with Crippen LogP contribution in [0.15, 0.2) is 23.0 Å². The summed E-state index contributed by atoms with van der Waals surface area (Å²) in [6.45, 7) is 6.62. The molecule has 0 aromatic carbocycles. The molecule has 2 unspecified atom stereocenters. The van der Waals surface area contributed by atoms with E-state index < -0.39 is 0 Å². The minimum absolute atomic E-state index is 0.380. The first-order valence-electron chi connectivity index (χ1n) is 5.60. The average molecular weight is 227 g/mol. The molecular formula is C12H21NOS. The van der Waals surface area contributed by atoms with Crippen molar-refractivity contribution in [1.82, 2.24) is 5.32 Å². The van der Waals surface area contributed by atoms with Crippen molar-refractivity contribution in [1.29, 1.82) is 0 Å². The van der Waals surface area contributed by atoms with Gasteiger partial charge in [-0.25, -0.2) is 0 Å². The summed E-state index contributed by atoms with van der Waals surface area (Å²) in [5.74, 6) is 2.45. The van der Waals surface area contributed by atoms with Gasteiger partial charge in [0.1, 0.15) is 0 Å². The van der Waals surface area contributed by atoms with E-state index in [2.05, 4.69) is 26.1 Å². The summed E-state index contributed by atoms with van der Waals surface area (Å²) in [4.78, 5) is 0. The zero-order valence-electron chi connectivity index (χ0n) is 9.82. The molecule has 0 bridgehead atoms. The topological polar surface area (TPSA) is 25.2 Å². The highest BCUT2D eigenvalue weighted by Gasteiger charge is 2.09. The quantitative estimate of drug-likeness (QED) is 0.722. The molecule has 2 nitrogen and oxygen atoms in total. The lowest BCUT2D eigenvalue weighted by atomic mass is 10.1. The molecule has 1 aromatic heterocycles. The minimum atomic E-state index is 0.380. The van der Waals surface area contributed by atoms with Gasteiger partial charge >= 0.3 is 0 Å². The molecule has 0 aliphatic rings. The van der Waals surface area contributed by atoms with E-state index >= 15 is 0 Å². The number of hydrogen-bond donors (Lipinski definition) is 1. The maximum absolute atomic E-state index is 5.07. The fourth-order valence-corrected chi connectivity index (χ4v) is 2.34. The second kappa shape index (κ2) is 6.96. The van der Waals surface area contributed by atoms with Crippen molar-refractivity contribution in [2.45, 2.75) is 39.3 Å². The van der Waals surface area contributed by atoms with E-state index in [-0.39, 0.29) is 0 Å². The van der Waals surface area contributed by atoms with E-state index in [1.54, 1.807) is 6.26 Å². The number of nitrogens with one attached hydrogen (secondary N) is 1. The Labute approximate surface area is 96.8 Å². The van der Waals surface area contributed by atoms with Crippen LogP contribution in [-0.2, 0) is 0 Å². The number of rotatable bonds is 7. The van der Waals surface area contributed by atoms with Crippen LogP contribution < -0.4 is 5.32 Å². The van der Waals surface area contributed by atoms with E-state index in [1.165, 1.54) is 23.5 Å². The average Bonchev–Trinajstić information content (AvgIpc) is 2.70. The predicted octanol–water partition coefficient (Wildman–Crippen LogP) is 3.46. The van der Waals surface area contributed by atoms with Gasteiger partial charge in [-0.15, -0.1) is 0 Å². The van der Waals surface area contributed by atoms with E-state index in [0.717, 1.165) is 0 Å². The van der Waals surface area contributed by atoms with E-state index in [1.807, 2.05) is 24.1 Å². The summed E-state index contributed by atoms with van der Waals surface area (Å²) in [5, 5.41) is 3.57. The first-order valence-corrected chi connectivity index (χ1v) is 6.75. The highest BCUT2D eigenvalue weighted by molar-refractivity contribution is 7.99. The van der Waals surface area contributed by atoms with Gasteiger partial charge < -0.3 is 9.73 Å². The molecule has 15 heavy (non-hydrogen) atoms. The van der Waals surface area contributed by atoms with Gasteiger partial charge in [-0.3, -0.25) is 0 Å². The smallest absolute Gasteiger partial charge is 0.0950 e. The third-order valence-electron chi connectivity index (χ3n) is 2.48. The summed E-state index contributed by atoms with van der Waals surface area (Å²) < 4.78 is 5.07. The molecule has 3 heteroatoms. The Morgan fingerprint density at radius 3 is 2.87 bits per heavy atom. The van der Waals surface area contributed by atoms with Crippen LogP contribution in [-0.4, -0.2) is 17.5 Å². The van der Waals surface area contributed by atoms with Crippen LogP contribution in [0.5, 0.6) is 0 Å². The van der Waals surface area contributed by atoms with Crippen molar-refractivity contribution in [3.63, 3.8) is 0 Å². The molecular weight excluding hydrogens is 206 g/mol. The molecule has 0 spiro atoms. The molecule has 1 aromatic rings. The number of furan rings is 1. The van der Waals surface area contributed by atoms with Gasteiger partial charge in [0.25, 0.3) is 0 Å². The van der Waals surface area contributed by atoms with Crippen molar-refractivity contribution in [3.8, 4) is 0 Å². The van der Waals surface area contributed by atoms with Gasteiger partial charge in [0.05, 0.1) is 12.5 Å². The molecule has 0 fully saturated rings. The molecule has 0 saturated carbocycles. The normalized spacial score (nSPS) is 15.1. The molecule has 0 amide bonds. The van der Waals surface area contributed by atoms with Crippen molar-refractivity contribution >= 4 is 11.8 Å². The fraction of sp³-hybridized carbons (Fsp3) is 0.667. The summed E-state index contributed by atoms with van der Waals surface area (Å²) in [7, 11) is 0. The van der Waals surface area contributed by atoms with E-state index in [4.69, 9.17) is 4.42 Å². The Morgan fingerprint density at radius 2 is 2.27 bits per heavy atom. The third-order valence-corrected chi connectivity index (χ3v) is 3.41. The lowest BCUT2D eigenvalue weighted by Crippen LogP contribution is -2.29. The van der Waals surface area contributed by atoms with Gasteiger partial charge in [-0.1, -0.05) is 6.92 Å². The van der Waals surface area contributed by atoms with Crippen LogP contribution in [0.4, 0.5) is 0 Å². The molecule has 86 valence electrons. The molecule has 1 rings (SSSR count). The van der Waals surface area contributed by atoms with Gasteiger partial charge in [0.15, 0.2) is 0 Å². The lowest BCUT2D eigenvalue weighted by Gasteiger charge is -2.18. The monoisotopic (exact) mass is 227 g/mol. The zero-order chi connectivity index (χ0) is 11.1. The van der Waals surface area contributed by atoms with Crippen molar-refractivity contribution in [2.75, 3.05) is 11.5 Å². The van der Waals surface area contributed by atoms with Crippen LogP contribution in [0, 0.1) is 0 Å². The number of thioether (sulfide) groups is 1. The highest BCUT2D eigenvalue weighted by atomic mass is 32.2. The summed E-state index contributed by atoms with van der Waals surface area (Å²) in [5.41, 5.74) is 1.23. The van der Waals surface area contributed by atoms with Gasteiger partial charge in [0.2, 0.25) is 0 Å². The first-order chi connectivity index (χ1) is 7.24. The van der Waals surface area contributed by atoms with Crippen molar-refractivity contribution < 1.29 is 4.42 Å². The molecule has 0 aliphatic carbocycles. The van der Waals surface area contributed by atoms with E-state index in [0.29, 0.717) is 12.1 Å².